The zero-order valence-electron chi connectivity index (χ0n) is 9.33. The Kier molecular flexibility index (Phi) is 7.75. The average Bonchev–Trinajstić information content (AvgIpc) is 2.84. The monoisotopic (exact) mass is 273 g/mol. The van der Waals surface area contributed by atoms with Crippen LogP contribution in [-0.4, -0.2) is 51.2 Å². The number of terminal acetylenes is 1. The van der Waals surface area contributed by atoms with E-state index in [1.165, 1.54) is 6.20 Å². The summed E-state index contributed by atoms with van der Waals surface area (Å²) >= 11 is 2.77. The number of aliphatic hydroxyl groups excluding tert-OH is 1. The van der Waals surface area contributed by atoms with Gasteiger partial charge in [-0.25, -0.2) is 0 Å². The molecule has 1 atom stereocenters. The summed E-state index contributed by atoms with van der Waals surface area (Å²) in [7, 11) is 0. The van der Waals surface area contributed by atoms with Gasteiger partial charge in [-0.15, -0.1) is 22.6 Å². The van der Waals surface area contributed by atoms with E-state index in [2.05, 4.69) is 20.0 Å². The van der Waals surface area contributed by atoms with E-state index < -0.39 is 6.10 Å². The number of hydrogen-bond donors (Lipinski definition) is 2. The largest absolute Gasteiger partial charge is 0.473 e. The first-order valence-electron chi connectivity index (χ1n) is 5.13. The summed E-state index contributed by atoms with van der Waals surface area (Å²) in [6.45, 7) is 1.53. The molecular formula is C10H15N3O2S2. The minimum Gasteiger partial charge on any atom is -0.473 e. The van der Waals surface area contributed by atoms with Gasteiger partial charge >= 0.3 is 0 Å². The van der Waals surface area contributed by atoms with Crippen LogP contribution in [0, 0.1) is 12.3 Å². The van der Waals surface area contributed by atoms with Gasteiger partial charge in [0.1, 0.15) is 18.9 Å². The Morgan fingerprint density at radius 2 is 2.59 bits per heavy atom. The lowest BCUT2D eigenvalue weighted by atomic mass is 10.4. The van der Waals surface area contributed by atoms with Crippen molar-refractivity contribution in [1.29, 1.82) is 0 Å². The molecule has 0 aliphatic heterocycles. The molecule has 94 valence electrons. The number of nitrogens with one attached hydrogen (secondary N) is 1. The second-order valence-electron chi connectivity index (χ2n) is 3.17. The summed E-state index contributed by atoms with van der Waals surface area (Å²) in [5.41, 5.74) is 0. The van der Waals surface area contributed by atoms with E-state index in [0.29, 0.717) is 12.4 Å². The topological polar surface area (TPSA) is 67.3 Å². The fraction of sp³-hybridized carbons (Fsp3) is 0.600. The van der Waals surface area contributed by atoms with Crippen molar-refractivity contribution in [3.63, 3.8) is 0 Å². The smallest absolute Gasteiger partial charge is 0.245 e. The maximum atomic E-state index is 9.58. The first-order chi connectivity index (χ1) is 8.33. The van der Waals surface area contributed by atoms with Gasteiger partial charge in [0.15, 0.2) is 0 Å². The van der Waals surface area contributed by atoms with Crippen LogP contribution in [0.2, 0.25) is 0 Å². The van der Waals surface area contributed by atoms with E-state index in [9.17, 15) is 5.11 Å². The van der Waals surface area contributed by atoms with Crippen LogP contribution in [0.25, 0.3) is 0 Å². The van der Waals surface area contributed by atoms with Gasteiger partial charge in [0.2, 0.25) is 5.88 Å². The molecule has 1 aromatic rings. The summed E-state index contributed by atoms with van der Waals surface area (Å²) < 4.78 is 12.9. The second kappa shape index (κ2) is 9.24. The Labute approximate surface area is 109 Å². The van der Waals surface area contributed by atoms with Crippen LogP contribution in [0.4, 0.5) is 0 Å². The fourth-order valence-corrected chi connectivity index (χ4v) is 1.92. The van der Waals surface area contributed by atoms with Crippen molar-refractivity contribution in [2.75, 3.05) is 31.2 Å². The summed E-state index contributed by atoms with van der Waals surface area (Å²) in [5, 5.41) is 12.7. The number of aliphatic hydroxyl groups is 1. The quantitative estimate of drug-likeness (QED) is 0.496. The van der Waals surface area contributed by atoms with Crippen LogP contribution in [0.1, 0.15) is 0 Å². The predicted molar refractivity (Wildman–Crippen MR) is 70.4 cm³/mol. The third-order valence-corrected chi connectivity index (χ3v) is 3.08. The molecule has 0 saturated carbocycles. The highest BCUT2D eigenvalue weighted by Gasteiger charge is 2.05. The first kappa shape index (κ1) is 14.3. The van der Waals surface area contributed by atoms with Crippen LogP contribution < -0.4 is 10.1 Å². The molecule has 0 spiro atoms. The zero-order chi connectivity index (χ0) is 12.3. The Morgan fingerprint density at radius 1 is 1.71 bits per heavy atom. The van der Waals surface area contributed by atoms with E-state index in [0.717, 1.165) is 29.8 Å². The lowest BCUT2D eigenvalue weighted by Crippen LogP contribution is -2.32. The summed E-state index contributed by atoms with van der Waals surface area (Å²) in [6, 6.07) is 0. The Hall–Kier alpha value is -0.810. The molecule has 0 amide bonds. The molecule has 17 heavy (non-hydrogen) atoms. The molecule has 1 unspecified atom stereocenters. The number of rotatable bonds is 9. The SMILES string of the molecule is C#CCSCCNCC(O)COc1cnsn1. The number of hydrogen-bond acceptors (Lipinski definition) is 7. The third kappa shape index (κ3) is 7.18. The number of aromatic nitrogens is 2. The van der Waals surface area contributed by atoms with Crippen LogP contribution in [0.5, 0.6) is 5.88 Å². The molecule has 1 rings (SSSR count). The van der Waals surface area contributed by atoms with Crippen molar-refractivity contribution in [3.05, 3.63) is 6.20 Å². The van der Waals surface area contributed by atoms with Crippen molar-refractivity contribution in [2.45, 2.75) is 6.10 Å². The summed E-state index contributed by atoms with van der Waals surface area (Å²) in [5.74, 6) is 4.68. The maximum Gasteiger partial charge on any atom is 0.245 e. The highest BCUT2D eigenvalue weighted by molar-refractivity contribution is 7.99. The molecule has 0 saturated heterocycles. The van der Waals surface area contributed by atoms with Crippen molar-refractivity contribution < 1.29 is 9.84 Å². The van der Waals surface area contributed by atoms with Gasteiger partial charge in [-0.2, -0.15) is 4.37 Å². The molecule has 1 aromatic heterocycles. The number of nitrogens with zero attached hydrogens (tertiary/aromatic N) is 2. The highest BCUT2D eigenvalue weighted by atomic mass is 32.2. The third-order valence-electron chi connectivity index (χ3n) is 1.75. The van der Waals surface area contributed by atoms with Gasteiger partial charge in [-0.3, -0.25) is 0 Å². The van der Waals surface area contributed by atoms with Crippen LogP contribution >= 0.6 is 23.5 Å². The molecule has 2 N–H and O–H groups in total. The molecule has 0 aliphatic rings. The molecule has 7 heteroatoms. The van der Waals surface area contributed by atoms with Crippen molar-refractivity contribution in [1.82, 2.24) is 14.1 Å². The molecule has 0 bridgehead atoms. The predicted octanol–water partition coefficient (Wildman–Crippen LogP) is 0.234. The lowest BCUT2D eigenvalue weighted by molar-refractivity contribution is 0.105. The fourth-order valence-electron chi connectivity index (χ4n) is 1.00. The van der Waals surface area contributed by atoms with E-state index in [4.69, 9.17) is 11.2 Å². The summed E-state index contributed by atoms with van der Waals surface area (Å²) in [6.07, 6.45) is 6.10. The van der Waals surface area contributed by atoms with Gasteiger partial charge in [-0.1, -0.05) is 5.92 Å². The Balaban J connectivity index is 1.94. The first-order valence-corrected chi connectivity index (χ1v) is 7.01. The Bertz CT molecular complexity index is 327. The molecule has 0 aromatic carbocycles. The van der Waals surface area contributed by atoms with Gasteiger partial charge in [0.25, 0.3) is 0 Å². The molecule has 0 radical (unpaired) electrons. The molecule has 1 heterocycles. The Morgan fingerprint density at radius 3 is 3.29 bits per heavy atom. The van der Waals surface area contributed by atoms with Crippen molar-refractivity contribution in [3.8, 4) is 18.2 Å². The zero-order valence-corrected chi connectivity index (χ0v) is 11.0. The number of ether oxygens (including phenoxy) is 1. The lowest BCUT2D eigenvalue weighted by Gasteiger charge is -2.11. The van der Waals surface area contributed by atoms with Gasteiger partial charge in [0.05, 0.1) is 17.5 Å². The average molecular weight is 273 g/mol. The van der Waals surface area contributed by atoms with Crippen molar-refractivity contribution in [2.24, 2.45) is 0 Å². The molecule has 0 aliphatic carbocycles. The maximum absolute atomic E-state index is 9.58. The van der Waals surface area contributed by atoms with E-state index in [1.54, 1.807) is 11.8 Å². The van der Waals surface area contributed by atoms with Crippen molar-refractivity contribution >= 4 is 23.5 Å². The second-order valence-corrected chi connectivity index (χ2v) is 4.83. The van der Waals surface area contributed by atoms with E-state index >= 15 is 0 Å². The van der Waals surface area contributed by atoms with Crippen LogP contribution in [-0.2, 0) is 0 Å². The van der Waals surface area contributed by atoms with E-state index in [-0.39, 0.29) is 6.61 Å². The highest BCUT2D eigenvalue weighted by Crippen LogP contribution is 2.05. The minimum absolute atomic E-state index is 0.218. The van der Waals surface area contributed by atoms with Crippen LogP contribution in [0.3, 0.4) is 0 Å². The van der Waals surface area contributed by atoms with E-state index in [1.807, 2.05) is 0 Å². The standard InChI is InChI=1S/C10H15N3O2S2/c1-2-4-16-5-3-11-6-9(14)8-15-10-7-12-17-13-10/h1,7,9,11,14H,3-6,8H2. The molecule has 5 nitrogen and oxygen atoms in total. The molecule has 0 fully saturated rings. The van der Waals surface area contributed by atoms with Gasteiger partial charge < -0.3 is 15.2 Å². The van der Waals surface area contributed by atoms with Crippen LogP contribution in [0.15, 0.2) is 6.20 Å². The normalized spacial score (nSPS) is 12.0. The van der Waals surface area contributed by atoms with Gasteiger partial charge in [0, 0.05) is 18.8 Å². The van der Waals surface area contributed by atoms with Gasteiger partial charge in [-0.05, 0) is 0 Å². The summed E-state index contributed by atoms with van der Waals surface area (Å²) in [4.78, 5) is 0. The number of thioether (sulfide) groups is 1. The minimum atomic E-state index is -0.547. The molecular weight excluding hydrogens is 258 g/mol.